The van der Waals surface area contributed by atoms with Gasteiger partial charge in [-0.2, -0.15) is 0 Å². The van der Waals surface area contributed by atoms with Gasteiger partial charge in [-0.15, -0.1) is 0 Å². The molecule has 2 N–H and O–H groups in total. The van der Waals surface area contributed by atoms with Crippen molar-refractivity contribution in [1.29, 1.82) is 0 Å². The molecule has 3 rings (SSSR count). The Morgan fingerprint density at radius 2 is 1.81 bits per heavy atom. The molecule has 0 heterocycles. The average Bonchev–Trinajstić information content (AvgIpc) is 3.02. The number of carboxylic acids is 1. The number of hydrogen-bond acceptors (Lipinski definition) is 2. The summed E-state index contributed by atoms with van der Waals surface area (Å²) >= 11 is 0. The second-order valence-electron chi connectivity index (χ2n) is 5.98. The normalized spacial score (nSPS) is 30.8. The highest BCUT2D eigenvalue weighted by molar-refractivity contribution is 5.72. The average molecular weight is 299 g/mol. The van der Waals surface area contributed by atoms with Crippen LogP contribution in [0.5, 0.6) is 0 Å². The van der Waals surface area contributed by atoms with E-state index in [2.05, 4.69) is 5.32 Å². The molecule has 0 aromatic heterocycles. The van der Waals surface area contributed by atoms with Crippen LogP contribution in [0.3, 0.4) is 0 Å². The highest BCUT2D eigenvalue weighted by Gasteiger charge is 2.50. The summed E-state index contributed by atoms with van der Waals surface area (Å²) in [7, 11) is 0. The molecule has 1 aromatic carbocycles. The summed E-state index contributed by atoms with van der Waals surface area (Å²) in [5.74, 6) is -4.72. The van der Waals surface area contributed by atoms with Gasteiger partial charge < -0.3 is 10.4 Å². The maximum absolute atomic E-state index is 13.2. The Bertz CT molecular complexity index is 555. The first-order valence-corrected chi connectivity index (χ1v) is 7.07. The van der Waals surface area contributed by atoms with Crippen molar-refractivity contribution in [2.24, 2.45) is 17.8 Å². The van der Waals surface area contributed by atoms with E-state index in [1.165, 1.54) is 0 Å². The fraction of sp³-hybridized carbons (Fsp3) is 0.533. The molecule has 4 unspecified atom stereocenters. The van der Waals surface area contributed by atoms with Crippen molar-refractivity contribution in [2.75, 3.05) is 0 Å². The molecule has 4 atom stereocenters. The minimum absolute atomic E-state index is 0.131. The summed E-state index contributed by atoms with van der Waals surface area (Å²) in [6, 6.07) is 1.69. The van der Waals surface area contributed by atoms with Gasteiger partial charge in [0.2, 0.25) is 0 Å². The molecular weight excluding hydrogens is 283 g/mol. The van der Waals surface area contributed by atoms with Gasteiger partial charge in [-0.05, 0) is 48.8 Å². The summed E-state index contributed by atoms with van der Waals surface area (Å²) in [6.07, 6.45) is 2.80. The largest absolute Gasteiger partial charge is 0.481 e. The molecular formula is C15H16F3NO2. The molecule has 2 fully saturated rings. The fourth-order valence-electron chi connectivity index (χ4n) is 3.89. The van der Waals surface area contributed by atoms with Crippen molar-refractivity contribution < 1.29 is 23.1 Å². The lowest BCUT2D eigenvalue weighted by Crippen LogP contribution is -2.43. The van der Waals surface area contributed by atoms with Crippen molar-refractivity contribution in [3.8, 4) is 0 Å². The first-order chi connectivity index (χ1) is 9.97. The van der Waals surface area contributed by atoms with Crippen molar-refractivity contribution in [3.05, 3.63) is 35.1 Å². The number of nitrogens with one attached hydrogen (secondary N) is 1. The predicted molar refractivity (Wildman–Crippen MR) is 68.9 cm³/mol. The summed E-state index contributed by atoms with van der Waals surface area (Å²) in [4.78, 5) is 11.4. The first-order valence-electron chi connectivity index (χ1n) is 7.07. The standard InChI is InChI=1S/C15H16F3NO2/c16-10-3-7(4-11(17)13(10)18)6-19-14-9-2-1-8(5-9)12(14)15(20)21/h3-4,8-9,12,14,19H,1-2,5-6H2,(H,20,21). The lowest BCUT2D eigenvalue weighted by molar-refractivity contribution is -0.144. The van der Waals surface area contributed by atoms with Gasteiger partial charge >= 0.3 is 5.97 Å². The van der Waals surface area contributed by atoms with Gasteiger partial charge in [-0.25, -0.2) is 13.2 Å². The van der Waals surface area contributed by atoms with Crippen molar-refractivity contribution >= 4 is 5.97 Å². The Labute approximate surface area is 120 Å². The Morgan fingerprint density at radius 1 is 1.19 bits per heavy atom. The fourth-order valence-corrected chi connectivity index (χ4v) is 3.89. The van der Waals surface area contributed by atoms with Crippen LogP contribution in [0.4, 0.5) is 13.2 Å². The van der Waals surface area contributed by atoms with Gasteiger partial charge in [-0.1, -0.05) is 0 Å². The minimum atomic E-state index is -1.48. The van der Waals surface area contributed by atoms with Gasteiger partial charge in [0.15, 0.2) is 17.5 Å². The molecule has 114 valence electrons. The van der Waals surface area contributed by atoms with Gasteiger partial charge in [0.05, 0.1) is 5.92 Å². The Morgan fingerprint density at radius 3 is 2.43 bits per heavy atom. The highest BCUT2D eigenvalue weighted by atomic mass is 19.2. The quantitative estimate of drug-likeness (QED) is 0.840. The van der Waals surface area contributed by atoms with E-state index in [-0.39, 0.29) is 24.1 Å². The van der Waals surface area contributed by atoms with Gasteiger partial charge in [0.1, 0.15) is 0 Å². The van der Waals surface area contributed by atoms with Crippen molar-refractivity contribution in [3.63, 3.8) is 0 Å². The molecule has 2 aliphatic rings. The Hall–Kier alpha value is -1.56. The summed E-state index contributed by atoms with van der Waals surface area (Å²) in [6.45, 7) is 0.131. The maximum Gasteiger partial charge on any atom is 0.308 e. The van der Waals surface area contributed by atoms with Crippen molar-refractivity contribution in [1.82, 2.24) is 5.32 Å². The molecule has 2 saturated carbocycles. The Kier molecular flexibility index (Phi) is 3.65. The third kappa shape index (κ3) is 2.52. The second-order valence-corrected chi connectivity index (χ2v) is 5.98. The SMILES string of the molecule is O=C(O)C1C2CCC(C2)C1NCc1cc(F)c(F)c(F)c1. The molecule has 2 bridgehead atoms. The summed E-state index contributed by atoms with van der Waals surface area (Å²) in [5.41, 5.74) is 0.276. The van der Waals surface area contributed by atoms with Crippen LogP contribution in [0.15, 0.2) is 12.1 Å². The van der Waals surface area contributed by atoms with E-state index in [0.717, 1.165) is 31.4 Å². The van der Waals surface area contributed by atoms with Crippen LogP contribution < -0.4 is 5.32 Å². The minimum Gasteiger partial charge on any atom is -0.481 e. The first kappa shape index (κ1) is 14.4. The zero-order valence-electron chi connectivity index (χ0n) is 11.3. The molecule has 6 heteroatoms. The molecule has 21 heavy (non-hydrogen) atoms. The smallest absolute Gasteiger partial charge is 0.308 e. The van der Waals surface area contributed by atoms with Gasteiger partial charge in [0.25, 0.3) is 0 Å². The van der Waals surface area contributed by atoms with Crippen LogP contribution in [0.25, 0.3) is 0 Å². The van der Waals surface area contributed by atoms with E-state index in [1.807, 2.05) is 0 Å². The number of halogens is 3. The molecule has 0 spiro atoms. The van der Waals surface area contributed by atoms with E-state index in [4.69, 9.17) is 0 Å². The third-order valence-electron chi connectivity index (χ3n) is 4.79. The lowest BCUT2D eigenvalue weighted by atomic mass is 9.84. The lowest BCUT2D eigenvalue weighted by Gasteiger charge is -2.29. The van der Waals surface area contributed by atoms with E-state index in [1.54, 1.807) is 0 Å². The van der Waals surface area contributed by atoms with Gasteiger partial charge in [0, 0.05) is 12.6 Å². The Balaban J connectivity index is 1.71. The second kappa shape index (κ2) is 5.33. The van der Waals surface area contributed by atoms with E-state index in [0.29, 0.717) is 5.92 Å². The van der Waals surface area contributed by atoms with Gasteiger partial charge in [-0.3, -0.25) is 4.79 Å². The van der Waals surface area contributed by atoms with E-state index in [9.17, 15) is 23.1 Å². The summed E-state index contributed by atoms with van der Waals surface area (Å²) < 4.78 is 39.2. The molecule has 2 aliphatic carbocycles. The molecule has 3 nitrogen and oxygen atoms in total. The monoisotopic (exact) mass is 299 g/mol. The van der Waals surface area contributed by atoms with Crippen LogP contribution in [-0.4, -0.2) is 17.1 Å². The van der Waals surface area contributed by atoms with E-state index < -0.39 is 29.3 Å². The molecule has 0 amide bonds. The zero-order valence-corrected chi connectivity index (χ0v) is 11.3. The molecule has 0 saturated heterocycles. The summed E-state index contributed by atoms with van der Waals surface area (Å²) in [5, 5.41) is 12.4. The topological polar surface area (TPSA) is 49.3 Å². The van der Waals surface area contributed by atoms with Crippen LogP contribution in [-0.2, 0) is 11.3 Å². The van der Waals surface area contributed by atoms with Crippen LogP contribution >= 0.6 is 0 Å². The molecule has 1 aromatic rings. The predicted octanol–water partition coefficient (Wildman–Crippen LogP) is 2.69. The maximum atomic E-state index is 13.2. The van der Waals surface area contributed by atoms with Crippen LogP contribution in [0, 0.1) is 35.2 Å². The van der Waals surface area contributed by atoms with Crippen molar-refractivity contribution in [2.45, 2.75) is 31.8 Å². The number of fused-ring (bicyclic) bond motifs is 2. The molecule has 0 aliphatic heterocycles. The molecule has 0 radical (unpaired) electrons. The van der Waals surface area contributed by atoms with E-state index >= 15 is 0 Å². The number of benzene rings is 1. The number of hydrogen-bond donors (Lipinski definition) is 2. The number of carboxylic acid groups (broad SMARTS) is 1. The third-order valence-corrected chi connectivity index (χ3v) is 4.79. The number of rotatable bonds is 4. The highest BCUT2D eigenvalue weighted by Crippen LogP contribution is 2.48. The number of carbonyl (C=O) groups is 1. The number of aliphatic carboxylic acids is 1. The van der Waals surface area contributed by atoms with Crippen LogP contribution in [0.2, 0.25) is 0 Å². The zero-order chi connectivity index (χ0) is 15.1. The van der Waals surface area contributed by atoms with Crippen LogP contribution in [0.1, 0.15) is 24.8 Å².